The van der Waals surface area contributed by atoms with Gasteiger partial charge in [0.25, 0.3) is 0 Å². The van der Waals surface area contributed by atoms with Gasteiger partial charge in [0.15, 0.2) is 0 Å². The second kappa shape index (κ2) is 5.59. The zero-order chi connectivity index (χ0) is 14.0. The van der Waals surface area contributed by atoms with Gasteiger partial charge in [-0.2, -0.15) is 0 Å². The highest BCUT2D eigenvalue weighted by Gasteiger charge is 2.33. The van der Waals surface area contributed by atoms with Gasteiger partial charge in [-0.3, -0.25) is 4.90 Å². The molecule has 1 atom stereocenters. The van der Waals surface area contributed by atoms with Gasteiger partial charge in [-0.15, -0.1) is 5.10 Å². The van der Waals surface area contributed by atoms with Crippen molar-refractivity contribution in [3.05, 3.63) is 11.4 Å². The van der Waals surface area contributed by atoms with E-state index in [4.69, 9.17) is 0 Å². The summed E-state index contributed by atoms with van der Waals surface area (Å²) >= 11 is 0. The van der Waals surface area contributed by atoms with Gasteiger partial charge in [0, 0.05) is 25.7 Å². The molecule has 1 saturated heterocycles. The summed E-state index contributed by atoms with van der Waals surface area (Å²) in [4.78, 5) is 2.39. The molecular formula is C14H26N4O. The first kappa shape index (κ1) is 14.5. The maximum absolute atomic E-state index is 9.58. The van der Waals surface area contributed by atoms with Crippen molar-refractivity contribution in [1.29, 1.82) is 0 Å². The minimum atomic E-state index is 0.239. The molecule has 0 aromatic carbocycles. The van der Waals surface area contributed by atoms with E-state index in [1.807, 2.05) is 11.6 Å². The van der Waals surface area contributed by atoms with Gasteiger partial charge >= 0.3 is 0 Å². The molecule has 0 radical (unpaired) electrons. The summed E-state index contributed by atoms with van der Waals surface area (Å²) in [5, 5.41) is 17.9. The predicted octanol–water partition coefficient (Wildman–Crippen LogP) is 1.59. The molecule has 1 aliphatic heterocycles. The molecule has 1 unspecified atom stereocenters. The number of hydrogen-bond donors (Lipinski definition) is 1. The average molecular weight is 266 g/mol. The van der Waals surface area contributed by atoms with Crippen molar-refractivity contribution in [2.45, 2.75) is 59.7 Å². The van der Waals surface area contributed by atoms with E-state index in [1.54, 1.807) is 0 Å². The molecule has 5 heteroatoms. The van der Waals surface area contributed by atoms with E-state index >= 15 is 0 Å². The third-order valence-corrected chi connectivity index (χ3v) is 4.20. The van der Waals surface area contributed by atoms with Crippen LogP contribution in [0.3, 0.4) is 0 Å². The fraction of sp³-hybridized carbons (Fsp3) is 0.857. The monoisotopic (exact) mass is 266 g/mol. The molecular weight excluding hydrogens is 240 g/mol. The van der Waals surface area contributed by atoms with Gasteiger partial charge in [-0.05, 0) is 32.1 Å². The highest BCUT2D eigenvalue weighted by molar-refractivity contribution is 5.08. The van der Waals surface area contributed by atoms with Crippen molar-refractivity contribution in [2.24, 2.45) is 5.41 Å². The molecule has 0 saturated carbocycles. The standard InChI is InChI=1S/C14H26N4O/c1-5-18-13(11(2)15-16-18)8-17-10-14(3,4)7-6-12(17)9-19/h12,19H,5-10H2,1-4H3. The van der Waals surface area contributed by atoms with Crippen molar-refractivity contribution >= 4 is 0 Å². The van der Waals surface area contributed by atoms with Crippen LogP contribution in [0.1, 0.15) is 45.0 Å². The molecule has 2 heterocycles. The van der Waals surface area contributed by atoms with E-state index in [1.165, 1.54) is 12.1 Å². The van der Waals surface area contributed by atoms with E-state index in [0.717, 1.165) is 31.7 Å². The quantitative estimate of drug-likeness (QED) is 0.899. The molecule has 0 bridgehead atoms. The third kappa shape index (κ3) is 3.15. The Balaban J connectivity index is 2.16. The molecule has 19 heavy (non-hydrogen) atoms. The molecule has 1 N–H and O–H groups in total. The van der Waals surface area contributed by atoms with Crippen LogP contribution in [0.15, 0.2) is 0 Å². The summed E-state index contributed by atoms with van der Waals surface area (Å²) in [6.45, 7) is 11.6. The van der Waals surface area contributed by atoms with Crippen molar-refractivity contribution in [2.75, 3.05) is 13.2 Å². The fourth-order valence-corrected chi connectivity index (χ4v) is 2.95. The largest absolute Gasteiger partial charge is 0.395 e. The van der Waals surface area contributed by atoms with E-state index < -0.39 is 0 Å². The van der Waals surface area contributed by atoms with Crippen molar-refractivity contribution < 1.29 is 5.11 Å². The maximum Gasteiger partial charge on any atom is 0.0841 e. The molecule has 0 aliphatic carbocycles. The van der Waals surface area contributed by atoms with E-state index in [-0.39, 0.29) is 12.6 Å². The highest BCUT2D eigenvalue weighted by Crippen LogP contribution is 2.32. The number of aliphatic hydroxyl groups is 1. The molecule has 1 aromatic rings. The first-order chi connectivity index (χ1) is 8.96. The van der Waals surface area contributed by atoms with Crippen LogP contribution >= 0.6 is 0 Å². The summed E-state index contributed by atoms with van der Waals surface area (Å²) in [7, 11) is 0. The number of nitrogens with zero attached hydrogens (tertiary/aromatic N) is 4. The number of rotatable bonds is 4. The lowest BCUT2D eigenvalue weighted by Gasteiger charge is -2.43. The second-order valence-corrected chi connectivity index (χ2v) is 6.38. The molecule has 0 amide bonds. The lowest BCUT2D eigenvalue weighted by molar-refractivity contribution is 0.0244. The molecule has 108 valence electrons. The molecule has 1 aromatic heterocycles. The van der Waals surface area contributed by atoms with Crippen molar-refractivity contribution in [3.8, 4) is 0 Å². The van der Waals surface area contributed by atoms with E-state index in [9.17, 15) is 5.11 Å². The molecule has 1 aliphatic rings. The number of aryl methyl sites for hydroxylation is 2. The van der Waals surface area contributed by atoms with Gasteiger partial charge in [0.05, 0.1) is 18.0 Å². The van der Waals surface area contributed by atoms with Gasteiger partial charge in [0.2, 0.25) is 0 Å². The van der Waals surface area contributed by atoms with Crippen LogP contribution in [0, 0.1) is 12.3 Å². The topological polar surface area (TPSA) is 54.2 Å². The highest BCUT2D eigenvalue weighted by atomic mass is 16.3. The number of hydrogen-bond acceptors (Lipinski definition) is 4. The second-order valence-electron chi connectivity index (χ2n) is 6.38. The third-order valence-electron chi connectivity index (χ3n) is 4.20. The lowest BCUT2D eigenvalue weighted by Crippen LogP contribution is -2.48. The Morgan fingerprint density at radius 1 is 1.42 bits per heavy atom. The van der Waals surface area contributed by atoms with Crippen LogP contribution in [-0.4, -0.2) is 44.2 Å². The predicted molar refractivity (Wildman–Crippen MR) is 74.7 cm³/mol. The number of aliphatic hydroxyl groups excluding tert-OH is 1. The van der Waals surface area contributed by atoms with Gasteiger partial charge < -0.3 is 5.11 Å². The van der Waals surface area contributed by atoms with Gasteiger partial charge in [-0.1, -0.05) is 19.1 Å². The summed E-state index contributed by atoms with van der Waals surface area (Å²) in [6, 6.07) is 0.271. The minimum Gasteiger partial charge on any atom is -0.395 e. The normalized spacial score (nSPS) is 23.7. The Kier molecular flexibility index (Phi) is 4.26. The summed E-state index contributed by atoms with van der Waals surface area (Å²) in [5.74, 6) is 0. The molecule has 5 nitrogen and oxygen atoms in total. The average Bonchev–Trinajstić information content (AvgIpc) is 2.70. The number of aromatic nitrogens is 3. The first-order valence-corrected chi connectivity index (χ1v) is 7.20. The number of likely N-dealkylation sites (tertiary alicyclic amines) is 1. The molecule has 2 rings (SSSR count). The summed E-state index contributed by atoms with van der Waals surface area (Å²) in [5.41, 5.74) is 2.50. The Hall–Kier alpha value is -0.940. The zero-order valence-electron chi connectivity index (χ0n) is 12.6. The van der Waals surface area contributed by atoms with E-state index in [2.05, 4.69) is 36.0 Å². The van der Waals surface area contributed by atoms with Crippen LogP contribution in [0.2, 0.25) is 0 Å². The Morgan fingerprint density at radius 2 is 2.16 bits per heavy atom. The van der Waals surface area contributed by atoms with Crippen LogP contribution < -0.4 is 0 Å². The Labute approximate surface area is 115 Å². The van der Waals surface area contributed by atoms with Crippen molar-refractivity contribution in [1.82, 2.24) is 19.9 Å². The number of piperidine rings is 1. The Bertz CT molecular complexity index is 427. The smallest absolute Gasteiger partial charge is 0.0841 e. The maximum atomic E-state index is 9.58. The fourth-order valence-electron chi connectivity index (χ4n) is 2.95. The first-order valence-electron chi connectivity index (χ1n) is 7.20. The van der Waals surface area contributed by atoms with Crippen molar-refractivity contribution in [3.63, 3.8) is 0 Å². The van der Waals surface area contributed by atoms with Crippen LogP contribution in [0.25, 0.3) is 0 Å². The molecule has 1 fully saturated rings. The Morgan fingerprint density at radius 3 is 2.79 bits per heavy atom. The lowest BCUT2D eigenvalue weighted by atomic mass is 9.81. The summed E-state index contributed by atoms with van der Waals surface area (Å²) in [6.07, 6.45) is 2.25. The van der Waals surface area contributed by atoms with Crippen LogP contribution in [-0.2, 0) is 13.1 Å². The minimum absolute atomic E-state index is 0.239. The van der Waals surface area contributed by atoms with Gasteiger partial charge in [0.1, 0.15) is 0 Å². The van der Waals surface area contributed by atoms with Gasteiger partial charge in [-0.25, -0.2) is 4.68 Å². The van der Waals surface area contributed by atoms with Crippen LogP contribution in [0.4, 0.5) is 0 Å². The summed E-state index contributed by atoms with van der Waals surface area (Å²) < 4.78 is 1.96. The SMILES string of the molecule is CCn1nnc(C)c1CN1CC(C)(C)CCC1CO. The van der Waals surface area contributed by atoms with E-state index in [0.29, 0.717) is 5.41 Å². The molecule has 0 spiro atoms. The van der Waals surface area contributed by atoms with Crippen LogP contribution in [0.5, 0.6) is 0 Å². The zero-order valence-corrected chi connectivity index (χ0v) is 12.6.